The molecule has 0 radical (unpaired) electrons. The van der Waals surface area contributed by atoms with Gasteiger partial charge in [-0.1, -0.05) is 0 Å². The van der Waals surface area contributed by atoms with Crippen molar-refractivity contribution >= 4 is 28.1 Å². The largest absolute Gasteiger partial charge is 0.495 e. The van der Waals surface area contributed by atoms with Gasteiger partial charge in [0.25, 0.3) is 5.69 Å². The first kappa shape index (κ1) is 19.9. The van der Waals surface area contributed by atoms with Gasteiger partial charge in [-0.2, -0.15) is 4.31 Å². The van der Waals surface area contributed by atoms with Crippen LogP contribution in [0, 0.1) is 10.1 Å². The average Bonchev–Trinajstić information content (AvgIpc) is 2.91. The Morgan fingerprint density at radius 3 is 2.40 bits per heavy atom. The molecule has 25 heavy (non-hydrogen) atoms. The molecule has 140 valence electrons. The Balaban J connectivity index is 0.00000225. The maximum Gasteiger partial charge on any atom is 0.273 e. The Morgan fingerprint density at radius 2 is 1.88 bits per heavy atom. The van der Waals surface area contributed by atoms with Gasteiger partial charge in [-0.15, -0.1) is 12.4 Å². The Kier molecular flexibility index (Phi) is 5.93. The molecule has 2 aliphatic rings. The van der Waals surface area contributed by atoms with E-state index in [9.17, 15) is 18.5 Å². The first-order valence-corrected chi connectivity index (χ1v) is 9.33. The van der Waals surface area contributed by atoms with Crippen molar-refractivity contribution in [2.45, 2.75) is 48.7 Å². The van der Waals surface area contributed by atoms with Gasteiger partial charge in [0.1, 0.15) is 10.6 Å². The number of benzene rings is 1. The smallest absolute Gasteiger partial charge is 0.273 e. The summed E-state index contributed by atoms with van der Waals surface area (Å²) in [5.74, 6) is -0.00652. The molecule has 0 spiro atoms. The number of sulfonamides is 1. The Hall–Kier alpha value is -1.42. The van der Waals surface area contributed by atoms with Crippen LogP contribution in [0.4, 0.5) is 5.69 Å². The molecule has 0 saturated carbocycles. The van der Waals surface area contributed by atoms with Crippen LogP contribution in [0.2, 0.25) is 0 Å². The molecular weight excluding hydrogens is 370 g/mol. The number of methoxy groups -OCH3 is 1. The number of hydrogen-bond donors (Lipinski definition) is 1. The number of hydrogen-bond acceptors (Lipinski definition) is 6. The van der Waals surface area contributed by atoms with E-state index in [4.69, 9.17) is 4.74 Å². The van der Waals surface area contributed by atoms with Crippen LogP contribution in [-0.4, -0.2) is 49.9 Å². The summed E-state index contributed by atoms with van der Waals surface area (Å²) in [6.07, 6.45) is 3.72. The summed E-state index contributed by atoms with van der Waals surface area (Å²) in [6.45, 7) is 0. The molecule has 2 heterocycles. The summed E-state index contributed by atoms with van der Waals surface area (Å²) < 4.78 is 32.4. The normalized spacial score (nSPS) is 25.5. The number of ether oxygens (including phenoxy) is 1. The van der Waals surface area contributed by atoms with Crippen LogP contribution in [0.25, 0.3) is 0 Å². The monoisotopic (exact) mass is 391 g/mol. The summed E-state index contributed by atoms with van der Waals surface area (Å²) in [4.78, 5) is 10.3. The molecule has 2 aliphatic heterocycles. The molecule has 8 nitrogen and oxygen atoms in total. The third kappa shape index (κ3) is 3.74. The molecule has 0 aliphatic carbocycles. The highest BCUT2D eigenvalue weighted by molar-refractivity contribution is 7.89. The molecule has 2 fully saturated rings. The number of non-ortho nitro benzene ring substituents is 1. The summed E-state index contributed by atoms with van der Waals surface area (Å²) in [5, 5.41) is 14.4. The fraction of sp³-hybridized carbons (Fsp3) is 0.600. The zero-order chi connectivity index (χ0) is 17.5. The molecule has 1 aromatic carbocycles. The molecule has 0 amide bonds. The summed E-state index contributed by atoms with van der Waals surface area (Å²) in [7, 11) is -0.902. The Bertz CT molecular complexity index is 746. The maximum absolute atomic E-state index is 13.0. The molecule has 1 aromatic rings. The van der Waals surface area contributed by atoms with Crippen LogP contribution in [0.5, 0.6) is 5.75 Å². The quantitative estimate of drug-likeness (QED) is 0.607. The van der Waals surface area contributed by atoms with Crippen molar-refractivity contribution in [3.8, 4) is 5.75 Å². The molecule has 0 aromatic heterocycles. The number of rotatable bonds is 5. The molecule has 2 unspecified atom stereocenters. The zero-order valence-corrected chi connectivity index (χ0v) is 15.7. The predicted molar refractivity (Wildman–Crippen MR) is 94.8 cm³/mol. The second kappa shape index (κ2) is 7.45. The van der Waals surface area contributed by atoms with Crippen molar-refractivity contribution in [1.29, 1.82) is 0 Å². The van der Waals surface area contributed by atoms with E-state index in [1.165, 1.54) is 23.5 Å². The van der Waals surface area contributed by atoms with E-state index < -0.39 is 14.9 Å². The average molecular weight is 392 g/mol. The van der Waals surface area contributed by atoms with Gasteiger partial charge in [-0.25, -0.2) is 8.42 Å². The van der Waals surface area contributed by atoms with Crippen LogP contribution in [0.3, 0.4) is 0 Å². The fourth-order valence-corrected chi connectivity index (χ4v) is 5.17. The Morgan fingerprint density at radius 1 is 1.28 bits per heavy atom. The maximum atomic E-state index is 13.0. The number of halogens is 1. The molecule has 2 saturated heterocycles. The number of nitro groups is 1. The zero-order valence-electron chi connectivity index (χ0n) is 14.0. The van der Waals surface area contributed by atoms with E-state index in [1.807, 2.05) is 0 Å². The van der Waals surface area contributed by atoms with Crippen LogP contribution in [-0.2, 0) is 10.0 Å². The first-order valence-electron chi connectivity index (χ1n) is 7.89. The van der Waals surface area contributed by atoms with Crippen LogP contribution in [0.15, 0.2) is 23.1 Å². The fourth-order valence-electron chi connectivity index (χ4n) is 3.66. The van der Waals surface area contributed by atoms with E-state index in [0.29, 0.717) is 12.1 Å². The van der Waals surface area contributed by atoms with Crippen molar-refractivity contribution in [2.75, 3.05) is 14.2 Å². The van der Waals surface area contributed by atoms with Gasteiger partial charge in [-0.05, 0) is 31.7 Å². The lowest BCUT2D eigenvalue weighted by Crippen LogP contribution is -2.48. The summed E-state index contributed by atoms with van der Waals surface area (Å²) in [6, 6.07) is 4.24. The van der Waals surface area contributed by atoms with Gasteiger partial charge in [0.15, 0.2) is 0 Å². The lowest BCUT2D eigenvalue weighted by Gasteiger charge is -2.35. The lowest BCUT2D eigenvalue weighted by molar-refractivity contribution is -0.385. The van der Waals surface area contributed by atoms with Gasteiger partial charge < -0.3 is 10.1 Å². The number of nitro benzene ring substituents is 1. The predicted octanol–water partition coefficient (Wildman–Crippen LogP) is 1.93. The summed E-state index contributed by atoms with van der Waals surface area (Å²) in [5.41, 5.74) is -0.201. The van der Waals surface area contributed by atoms with E-state index >= 15 is 0 Å². The highest BCUT2D eigenvalue weighted by atomic mass is 35.5. The van der Waals surface area contributed by atoms with E-state index in [0.717, 1.165) is 31.7 Å². The summed E-state index contributed by atoms with van der Waals surface area (Å²) >= 11 is 0. The molecule has 2 bridgehead atoms. The van der Waals surface area contributed by atoms with Gasteiger partial charge >= 0.3 is 0 Å². The Labute approximate surface area is 153 Å². The van der Waals surface area contributed by atoms with Gasteiger partial charge in [0.05, 0.1) is 18.1 Å². The van der Waals surface area contributed by atoms with Crippen molar-refractivity contribution in [3.63, 3.8) is 0 Å². The second-order valence-electron chi connectivity index (χ2n) is 6.38. The van der Waals surface area contributed by atoms with Crippen LogP contribution in [0.1, 0.15) is 25.7 Å². The minimum atomic E-state index is -3.78. The molecule has 1 N–H and O–H groups in total. The van der Waals surface area contributed by atoms with Gasteiger partial charge in [-0.3, -0.25) is 10.1 Å². The molecule has 3 rings (SSSR count). The number of fused-ring (bicyclic) bond motifs is 2. The third-order valence-electron chi connectivity index (χ3n) is 4.98. The van der Waals surface area contributed by atoms with Crippen LogP contribution < -0.4 is 10.1 Å². The highest BCUT2D eigenvalue weighted by Crippen LogP contribution is 2.35. The first-order chi connectivity index (χ1) is 11.3. The lowest BCUT2D eigenvalue weighted by atomic mass is 10.0. The van der Waals surface area contributed by atoms with E-state index in [2.05, 4.69) is 5.32 Å². The minimum absolute atomic E-state index is 0. The second-order valence-corrected chi connectivity index (χ2v) is 8.34. The van der Waals surface area contributed by atoms with Crippen molar-refractivity contribution < 1.29 is 18.1 Å². The van der Waals surface area contributed by atoms with Gasteiger partial charge in [0, 0.05) is 31.2 Å². The number of nitrogens with zero attached hydrogens (tertiary/aromatic N) is 2. The van der Waals surface area contributed by atoms with Crippen molar-refractivity contribution in [1.82, 2.24) is 9.62 Å². The minimum Gasteiger partial charge on any atom is -0.495 e. The number of piperidine rings is 1. The SMILES string of the molecule is COc1cc([N+](=O)[O-])ccc1S(=O)(=O)N(C)C1CC2CCC(C1)N2.Cl. The standard InChI is InChI=1S/C15H21N3O5S.ClH/c1-17(13-7-10-3-4-11(8-13)16-10)24(21,22)15-6-5-12(18(19)20)9-14(15)23-2;/h5-6,9-11,13,16H,3-4,7-8H2,1-2H3;1H. The number of nitrogens with one attached hydrogen (secondary N) is 1. The third-order valence-corrected chi connectivity index (χ3v) is 6.93. The highest BCUT2D eigenvalue weighted by Gasteiger charge is 2.39. The van der Waals surface area contributed by atoms with Crippen molar-refractivity contribution in [3.05, 3.63) is 28.3 Å². The topological polar surface area (TPSA) is 102 Å². The van der Waals surface area contributed by atoms with Gasteiger partial charge in [0.2, 0.25) is 10.0 Å². The van der Waals surface area contributed by atoms with E-state index in [-0.39, 0.29) is 34.8 Å². The van der Waals surface area contributed by atoms with E-state index in [1.54, 1.807) is 7.05 Å². The van der Waals surface area contributed by atoms with Crippen LogP contribution >= 0.6 is 12.4 Å². The molecular formula is C15H22ClN3O5S. The molecule has 10 heteroatoms. The molecule has 2 atom stereocenters. The van der Waals surface area contributed by atoms with Crippen molar-refractivity contribution in [2.24, 2.45) is 0 Å².